The molecule has 1 amide bonds. The Hall–Kier alpha value is -5.24. The molecule has 0 bridgehead atoms. The fourth-order valence-electron chi connectivity index (χ4n) is 6.06. The largest absolute Gasteiger partial charge is 0.494 e. The molecule has 2 aliphatic heterocycles. The Morgan fingerprint density at radius 3 is 2.85 bits per heavy atom. The molecule has 7 rings (SSSR count). The molecule has 0 aliphatic carbocycles. The Labute approximate surface area is 264 Å². The van der Waals surface area contributed by atoms with Crippen molar-refractivity contribution in [2.45, 2.75) is 19.8 Å². The number of hydrogen-bond acceptors (Lipinski definition) is 11. The molecule has 1 aromatic carbocycles. The van der Waals surface area contributed by atoms with Gasteiger partial charge in [-0.15, -0.1) is 0 Å². The van der Waals surface area contributed by atoms with E-state index in [1.807, 2.05) is 37.4 Å². The van der Waals surface area contributed by atoms with Gasteiger partial charge in [-0.1, -0.05) is 0 Å². The SMILES string of the molecule is CCOC(=O)C1CCN(CCNC(=O)c2nn(-c3cc4c(cc3OC)NCCO4)c3cc(-c4cnn5cccnc45)ncc23)CC1. The molecule has 14 heteroatoms. The summed E-state index contributed by atoms with van der Waals surface area (Å²) in [6.07, 6.45) is 8.42. The quantitative estimate of drug-likeness (QED) is 0.233. The maximum Gasteiger partial charge on any atom is 0.309 e. The molecule has 0 saturated carbocycles. The van der Waals surface area contributed by atoms with Gasteiger partial charge in [-0.05, 0) is 45.0 Å². The number of fused-ring (bicyclic) bond motifs is 3. The number of anilines is 1. The highest BCUT2D eigenvalue weighted by molar-refractivity contribution is 6.05. The molecule has 1 saturated heterocycles. The number of likely N-dealkylation sites (tertiary alicyclic amines) is 1. The van der Waals surface area contributed by atoms with Crippen molar-refractivity contribution in [2.75, 3.05) is 58.4 Å². The molecule has 0 atom stereocenters. The second-order valence-corrected chi connectivity index (χ2v) is 11.2. The van der Waals surface area contributed by atoms with Crippen LogP contribution in [0.3, 0.4) is 0 Å². The van der Waals surface area contributed by atoms with Crippen molar-refractivity contribution < 1.29 is 23.8 Å². The Balaban J connectivity index is 1.19. The van der Waals surface area contributed by atoms with Crippen molar-refractivity contribution in [1.82, 2.24) is 39.6 Å². The van der Waals surface area contributed by atoms with Crippen LogP contribution in [0.25, 0.3) is 33.5 Å². The van der Waals surface area contributed by atoms with E-state index in [0.29, 0.717) is 72.3 Å². The third-order valence-electron chi connectivity index (χ3n) is 8.44. The van der Waals surface area contributed by atoms with Gasteiger partial charge >= 0.3 is 5.97 Å². The molecule has 6 heterocycles. The van der Waals surface area contributed by atoms with Crippen molar-refractivity contribution in [3.63, 3.8) is 0 Å². The number of methoxy groups -OCH3 is 1. The van der Waals surface area contributed by atoms with Gasteiger partial charge in [0.1, 0.15) is 23.8 Å². The summed E-state index contributed by atoms with van der Waals surface area (Å²) in [7, 11) is 1.60. The lowest BCUT2D eigenvalue weighted by Gasteiger charge is -2.30. The number of pyridine rings is 1. The lowest BCUT2D eigenvalue weighted by molar-refractivity contribution is -0.149. The van der Waals surface area contributed by atoms with E-state index in [-0.39, 0.29) is 23.5 Å². The molecule has 238 valence electrons. The number of nitrogens with zero attached hydrogens (tertiary/aromatic N) is 7. The standard InChI is InChI=1S/C32H35N9O5/c1-3-45-32(43)20-5-11-39(12-6-20)13-8-35-31(42)29-22-18-36-23(21-19-37-40-10-4-7-34-30(21)40)15-25(22)41(38-29)26-17-27-24(16-28(26)44-2)33-9-14-46-27/h4,7,10,15-20,33H,3,5-6,8-9,11-14H2,1-2H3,(H,35,42). The number of piperidine rings is 1. The highest BCUT2D eigenvalue weighted by atomic mass is 16.5. The molecular formula is C32H35N9O5. The third-order valence-corrected chi connectivity index (χ3v) is 8.44. The fraction of sp³-hybridized carbons (Fsp3) is 0.375. The van der Waals surface area contributed by atoms with Crippen LogP contribution in [0.5, 0.6) is 11.5 Å². The second kappa shape index (κ2) is 12.6. The minimum atomic E-state index is -0.313. The van der Waals surface area contributed by atoms with Crippen LogP contribution in [0.1, 0.15) is 30.3 Å². The first kappa shape index (κ1) is 29.5. The maximum absolute atomic E-state index is 13.7. The summed E-state index contributed by atoms with van der Waals surface area (Å²) >= 11 is 0. The molecule has 2 aliphatic rings. The first-order valence-electron chi connectivity index (χ1n) is 15.5. The van der Waals surface area contributed by atoms with Gasteiger partial charge in [0.2, 0.25) is 0 Å². The van der Waals surface area contributed by atoms with E-state index in [4.69, 9.17) is 24.3 Å². The minimum absolute atomic E-state index is 0.0585. The molecule has 4 aromatic heterocycles. The predicted octanol–water partition coefficient (Wildman–Crippen LogP) is 2.95. The van der Waals surface area contributed by atoms with E-state index in [9.17, 15) is 9.59 Å². The van der Waals surface area contributed by atoms with Crippen LogP contribution in [0.15, 0.2) is 49.1 Å². The molecule has 0 spiro atoms. The Bertz CT molecular complexity index is 1910. The van der Waals surface area contributed by atoms with E-state index in [2.05, 4.69) is 25.6 Å². The van der Waals surface area contributed by atoms with Crippen LogP contribution in [0, 0.1) is 5.92 Å². The van der Waals surface area contributed by atoms with Crippen LogP contribution in [-0.2, 0) is 9.53 Å². The van der Waals surface area contributed by atoms with Crippen LogP contribution in [-0.4, -0.2) is 99.2 Å². The zero-order chi connectivity index (χ0) is 31.6. The van der Waals surface area contributed by atoms with Gasteiger partial charge < -0.3 is 29.7 Å². The topological polar surface area (TPSA) is 150 Å². The van der Waals surface area contributed by atoms with Crippen LogP contribution >= 0.6 is 0 Å². The van der Waals surface area contributed by atoms with Gasteiger partial charge in [-0.3, -0.25) is 14.6 Å². The van der Waals surface area contributed by atoms with E-state index in [0.717, 1.165) is 37.2 Å². The molecular weight excluding hydrogens is 590 g/mol. The van der Waals surface area contributed by atoms with E-state index in [1.165, 1.54) is 0 Å². The van der Waals surface area contributed by atoms with E-state index < -0.39 is 0 Å². The monoisotopic (exact) mass is 625 g/mol. The summed E-state index contributed by atoms with van der Waals surface area (Å²) in [5, 5.41) is 16.2. The van der Waals surface area contributed by atoms with Crippen LogP contribution in [0.2, 0.25) is 0 Å². The summed E-state index contributed by atoms with van der Waals surface area (Å²) < 4.78 is 20.3. The van der Waals surface area contributed by atoms with Gasteiger partial charge in [-0.2, -0.15) is 10.2 Å². The molecule has 14 nitrogen and oxygen atoms in total. The Morgan fingerprint density at radius 2 is 2.02 bits per heavy atom. The summed E-state index contributed by atoms with van der Waals surface area (Å²) in [5.41, 5.74) is 4.39. The van der Waals surface area contributed by atoms with E-state index >= 15 is 0 Å². The number of ether oxygens (including phenoxy) is 3. The zero-order valence-electron chi connectivity index (χ0n) is 25.7. The number of benzene rings is 1. The first-order valence-corrected chi connectivity index (χ1v) is 15.5. The van der Waals surface area contributed by atoms with Gasteiger partial charge in [0.05, 0.1) is 53.7 Å². The van der Waals surface area contributed by atoms with Gasteiger partial charge in [-0.25, -0.2) is 14.2 Å². The Kier molecular flexibility index (Phi) is 8.09. The second-order valence-electron chi connectivity index (χ2n) is 11.2. The predicted molar refractivity (Wildman–Crippen MR) is 170 cm³/mol. The minimum Gasteiger partial charge on any atom is -0.494 e. The summed E-state index contributed by atoms with van der Waals surface area (Å²) in [4.78, 5) is 37.2. The fourth-order valence-corrected chi connectivity index (χ4v) is 6.06. The molecule has 0 radical (unpaired) electrons. The number of amides is 1. The zero-order valence-corrected chi connectivity index (χ0v) is 25.7. The van der Waals surface area contributed by atoms with E-state index in [1.54, 1.807) is 34.9 Å². The summed E-state index contributed by atoms with van der Waals surface area (Å²) in [6, 6.07) is 7.44. The number of esters is 1. The number of aromatic nitrogens is 6. The Morgan fingerprint density at radius 1 is 1.15 bits per heavy atom. The van der Waals surface area contributed by atoms with Gasteiger partial charge in [0.15, 0.2) is 11.3 Å². The van der Waals surface area contributed by atoms with Crippen molar-refractivity contribution in [3.05, 3.63) is 54.7 Å². The van der Waals surface area contributed by atoms with Crippen molar-refractivity contribution >= 4 is 34.1 Å². The normalized spacial score (nSPS) is 15.3. The van der Waals surface area contributed by atoms with Crippen molar-refractivity contribution in [2.24, 2.45) is 5.92 Å². The average Bonchev–Trinajstić information content (AvgIpc) is 3.70. The number of nitrogens with one attached hydrogen (secondary N) is 2. The molecule has 46 heavy (non-hydrogen) atoms. The summed E-state index contributed by atoms with van der Waals surface area (Å²) in [5.74, 6) is 0.745. The van der Waals surface area contributed by atoms with Crippen LogP contribution < -0.4 is 20.1 Å². The smallest absolute Gasteiger partial charge is 0.309 e. The lowest BCUT2D eigenvalue weighted by atomic mass is 9.97. The summed E-state index contributed by atoms with van der Waals surface area (Å²) in [6.45, 7) is 6.08. The highest BCUT2D eigenvalue weighted by Crippen LogP contribution is 2.38. The van der Waals surface area contributed by atoms with Crippen molar-refractivity contribution in [3.8, 4) is 28.4 Å². The van der Waals surface area contributed by atoms with Crippen LogP contribution in [0.4, 0.5) is 5.69 Å². The van der Waals surface area contributed by atoms with Gasteiger partial charge in [0, 0.05) is 50.4 Å². The first-order chi connectivity index (χ1) is 22.5. The molecule has 1 fully saturated rings. The molecule has 0 unspecified atom stereocenters. The number of carbonyl (C=O) groups is 2. The van der Waals surface area contributed by atoms with Gasteiger partial charge in [0.25, 0.3) is 5.91 Å². The average molecular weight is 626 g/mol. The maximum atomic E-state index is 13.7. The van der Waals surface area contributed by atoms with Crippen molar-refractivity contribution in [1.29, 1.82) is 0 Å². The lowest BCUT2D eigenvalue weighted by Crippen LogP contribution is -2.41. The molecule has 5 aromatic rings. The third kappa shape index (κ3) is 5.55. The molecule has 2 N–H and O–H groups in total. The number of rotatable bonds is 9. The number of carbonyl (C=O) groups excluding carboxylic acids is 2. The highest BCUT2D eigenvalue weighted by Gasteiger charge is 2.27. The number of hydrogen-bond donors (Lipinski definition) is 2.